The summed E-state index contributed by atoms with van der Waals surface area (Å²) >= 11 is 0. The fraction of sp³-hybridized carbons (Fsp3) is 0.600. The molecule has 0 atom stereocenters. The molecular weight excluding hydrogens is 330 g/mol. The number of likely N-dealkylation sites (tertiary alicyclic amines) is 1. The van der Waals surface area contributed by atoms with Crippen LogP contribution < -0.4 is 10.1 Å². The Morgan fingerprint density at radius 1 is 1.31 bits per heavy atom. The number of benzene rings is 1. The molecule has 1 aliphatic rings. The Morgan fingerprint density at radius 2 is 2.00 bits per heavy atom. The van der Waals surface area contributed by atoms with Gasteiger partial charge in [0.25, 0.3) is 0 Å². The molecule has 1 N–H and O–H groups in total. The first-order valence-electron chi connectivity index (χ1n) is 9.40. The molecule has 1 aromatic rings. The van der Waals surface area contributed by atoms with Gasteiger partial charge in [0.2, 0.25) is 5.91 Å². The molecule has 6 nitrogen and oxygen atoms in total. The number of urea groups is 1. The van der Waals surface area contributed by atoms with Gasteiger partial charge in [-0.05, 0) is 49.4 Å². The van der Waals surface area contributed by atoms with E-state index in [1.165, 1.54) is 0 Å². The third-order valence-electron chi connectivity index (χ3n) is 5.01. The number of amides is 3. The Hall–Kier alpha value is -2.24. The Kier molecular flexibility index (Phi) is 7.30. The quantitative estimate of drug-likeness (QED) is 0.847. The van der Waals surface area contributed by atoms with E-state index in [0.29, 0.717) is 26.2 Å². The highest BCUT2D eigenvalue weighted by atomic mass is 16.5. The summed E-state index contributed by atoms with van der Waals surface area (Å²) in [5.41, 5.74) is 2.20. The lowest BCUT2D eigenvalue weighted by atomic mass is 10.0. The zero-order valence-corrected chi connectivity index (χ0v) is 16.4. The zero-order valence-electron chi connectivity index (χ0n) is 16.4. The highest BCUT2D eigenvalue weighted by Crippen LogP contribution is 2.18. The molecule has 144 valence electrons. The van der Waals surface area contributed by atoms with Crippen LogP contribution in [0.1, 0.15) is 44.2 Å². The maximum absolute atomic E-state index is 12.4. The van der Waals surface area contributed by atoms with Crippen molar-refractivity contribution >= 4 is 11.9 Å². The predicted octanol–water partition coefficient (Wildman–Crippen LogP) is 2.94. The molecule has 2 rings (SSSR count). The molecule has 0 spiro atoms. The molecule has 0 bridgehead atoms. The van der Waals surface area contributed by atoms with Crippen LogP contribution in [0.15, 0.2) is 18.2 Å². The van der Waals surface area contributed by atoms with Crippen LogP contribution in [-0.2, 0) is 11.3 Å². The van der Waals surface area contributed by atoms with Gasteiger partial charge in [-0.15, -0.1) is 0 Å². The van der Waals surface area contributed by atoms with E-state index in [2.05, 4.69) is 12.2 Å². The summed E-state index contributed by atoms with van der Waals surface area (Å²) in [6, 6.07) is 6.16. The number of hydrogen-bond acceptors (Lipinski definition) is 3. The third-order valence-corrected chi connectivity index (χ3v) is 5.01. The molecular formula is C20H31N3O3. The first-order chi connectivity index (χ1) is 12.4. The average molecular weight is 361 g/mol. The molecule has 0 unspecified atom stereocenters. The minimum atomic E-state index is -0.0420. The van der Waals surface area contributed by atoms with E-state index in [0.717, 1.165) is 36.1 Å². The summed E-state index contributed by atoms with van der Waals surface area (Å²) in [6.07, 6.45) is 2.63. The van der Waals surface area contributed by atoms with Crippen molar-refractivity contribution in [2.24, 2.45) is 0 Å². The lowest BCUT2D eigenvalue weighted by Gasteiger charge is -2.36. The Labute approximate surface area is 156 Å². The molecule has 0 saturated carbocycles. The van der Waals surface area contributed by atoms with Gasteiger partial charge in [0.05, 0.1) is 6.61 Å². The Bertz CT molecular complexity index is 625. The van der Waals surface area contributed by atoms with Gasteiger partial charge in [-0.2, -0.15) is 0 Å². The lowest BCUT2D eigenvalue weighted by molar-refractivity contribution is -0.130. The second-order valence-corrected chi connectivity index (χ2v) is 6.94. The second-order valence-electron chi connectivity index (χ2n) is 6.94. The zero-order chi connectivity index (χ0) is 19.1. The third kappa shape index (κ3) is 5.38. The second kappa shape index (κ2) is 9.46. The minimum Gasteiger partial charge on any atom is -0.494 e. The van der Waals surface area contributed by atoms with Gasteiger partial charge >= 0.3 is 6.03 Å². The van der Waals surface area contributed by atoms with Crippen molar-refractivity contribution in [3.63, 3.8) is 0 Å². The lowest BCUT2D eigenvalue weighted by Crippen LogP contribution is -2.49. The number of nitrogens with one attached hydrogen (secondary N) is 1. The summed E-state index contributed by atoms with van der Waals surface area (Å²) in [5, 5.41) is 3.00. The minimum absolute atomic E-state index is 0.0420. The van der Waals surface area contributed by atoms with Gasteiger partial charge in [-0.3, -0.25) is 4.79 Å². The van der Waals surface area contributed by atoms with E-state index in [1.54, 1.807) is 11.8 Å². The Balaban J connectivity index is 1.81. The number of carbonyl (C=O) groups is 2. The van der Waals surface area contributed by atoms with Crippen LogP contribution in [0, 0.1) is 6.92 Å². The molecule has 1 heterocycles. The highest BCUT2D eigenvalue weighted by Gasteiger charge is 2.26. The van der Waals surface area contributed by atoms with Crippen molar-refractivity contribution < 1.29 is 14.3 Å². The number of piperidine rings is 1. The van der Waals surface area contributed by atoms with E-state index in [4.69, 9.17) is 4.74 Å². The van der Waals surface area contributed by atoms with Gasteiger partial charge in [-0.25, -0.2) is 4.79 Å². The molecule has 0 aliphatic carbocycles. The Morgan fingerprint density at radius 3 is 2.58 bits per heavy atom. The molecule has 3 amide bonds. The van der Waals surface area contributed by atoms with Crippen molar-refractivity contribution in [1.82, 2.24) is 15.1 Å². The summed E-state index contributed by atoms with van der Waals surface area (Å²) in [6.45, 7) is 8.27. The topological polar surface area (TPSA) is 61.9 Å². The molecule has 1 saturated heterocycles. The monoisotopic (exact) mass is 361 g/mol. The van der Waals surface area contributed by atoms with Gasteiger partial charge in [0.1, 0.15) is 5.75 Å². The normalized spacial score (nSPS) is 14.8. The van der Waals surface area contributed by atoms with Gasteiger partial charge in [0.15, 0.2) is 0 Å². The summed E-state index contributed by atoms with van der Waals surface area (Å²) in [7, 11) is 1.83. The number of aryl methyl sites for hydroxylation is 1. The van der Waals surface area contributed by atoms with Crippen molar-refractivity contribution in [3.05, 3.63) is 29.3 Å². The van der Waals surface area contributed by atoms with E-state index in [9.17, 15) is 9.59 Å². The first kappa shape index (κ1) is 20.1. The van der Waals surface area contributed by atoms with E-state index >= 15 is 0 Å². The first-order valence-corrected chi connectivity index (χ1v) is 9.40. The number of nitrogens with zero attached hydrogens (tertiary/aromatic N) is 2. The smallest absolute Gasteiger partial charge is 0.317 e. The maximum atomic E-state index is 12.4. The number of rotatable bonds is 6. The fourth-order valence-electron chi connectivity index (χ4n) is 3.17. The number of hydrogen-bond donors (Lipinski definition) is 1. The van der Waals surface area contributed by atoms with Crippen molar-refractivity contribution in [1.29, 1.82) is 0 Å². The van der Waals surface area contributed by atoms with E-state index < -0.39 is 0 Å². The van der Waals surface area contributed by atoms with E-state index in [-0.39, 0.29) is 18.0 Å². The van der Waals surface area contributed by atoms with Crippen LogP contribution in [0.3, 0.4) is 0 Å². The summed E-state index contributed by atoms with van der Waals surface area (Å²) in [4.78, 5) is 27.5. The maximum Gasteiger partial charge on any atom is 0.317 e. The molecule has 0 radical (unpaired) electrons. The van der Waals surface area contributed by atoms with Crippen molar-refractivity contribution in [3.8, 4) is 5.75 Å². The average Bonchev–Trinajstić information content (AvgIpc) is 2.64. The standard InChI is InChI=1S/C20H31N3O3/c1-5-12-26-19-7-6-17(15(2)13-19)14-21-20(25)23-10-8-18(9-11-23)22(4)16(3)24/h6-7,13,18H,5,8-12,14H2,1-4H3,(H,21,25). The van der Waals surface area contributed by atoms with E-state index in [1.807, 2.05) is 37.1 Å². The summed E-state index contributed by atoms with van der Waals surface area (Å²) in [5.74, 6) is 0.950. The van der Waals surface area contributed by atoms with Crippen molar-refractivity contribution in [2.75, 3.05) is 26.7 Å². The predicted molar refractivity (Wildman–Crippen MR) is 102 cm³/mol. The SMILES string of the molecule is CCCOc1ccc(CNC(=O)N2CCC(N(C)C(C)=O)CC2)c(C)c1. The van der Waals surface area contributed by atoms with Crippen LogP contribution in [0.2, 0.25) is 0 Å². The summed E-state index contributed by atoms with van der Waals surface area (Å²) < 4.78 is 5.63. The van der Waals surface area contributed by atoms with Crippen LogP contribution in [0.4, 0.5) is 4.79 Å². The van der Waals surface area contributed by atoms with Crippen LogP contribution in [-0.4, -0.2) is 54.5 Å². The molecule has 26 heavy (non-hydrogen) atoms. The van der Waals surface area contributed by atoms with Crippen LogP contribution in [0.25, 0.3) is 0 Å². The van der Waals surface area contributed by atoms with Gasteiger partial charge in [-0.1, -0.05) is 13.0 Å². The largest absolute Gasteiger partial charge is 0.494 e. The molecule has 0 aromatic heterocycles. The van der Waals surface area contributed by atoms with Crippen LogP contribution in [0.5, 0.6) is 5.75 Å². The van der Waals surface area contributed by atoms with Gasteiger partial charge < -0.3 is 19.9 Å². The molecule has 6 heteroatoms. The highest BCUT2D eigenvalue weighted by molar-refractivity contribution is 5.75. The van der Waals surface area contributed by atoms with Crippen molar-refractivity contribution in [2.45, 2.75) is 52.6 Å². The number of ether oxygens (including phenoxy) is 1. The van der Waals surface area contributed by atoms with Crippen LogP contribution >= 0.6 is 0 Å². The molecule has 1 aromatic carbocycles. The number of carbonyl (C=O) groups excluding carboxylic acids is 2. The molecule has 1 fully saturated rings. The molecule has 1 aliphatic heterocycles. The fourth-order valence-corrected chi connectivity index (χ4v) is 3.17. The van der Waals surface area contributed by atoms with Gasteiger partial charge in [0, 0.05) is 39.6 Å².